The highest BCUT2D eigenvalue weighted by atomic mass is 79.9. The number of furan rings is 3. The minimum absolute atomic E-state index is 0.164. The van der Waals surface area contributed by atoms with E-state index in [-0.39, 0.29) is 27.2 Å². The Bertz CT molecular complexity index is 4680. The quantitative estimate of drug-likeness (QED) is 0.0741. The molecule has 0 atom stereocenters. The number of pyridine rings is 4. The molecule has 5 N–H and O–H groups in total. The molecule has 7 heterocycles. The predicted octanol–water partition coefficient (Wildman–Crippen LogP) is 12.5. The first-order valence-electron chi connectivity index (χ1n) is 27.1. The second kappa shape index (κ2) is 29.2. The summed E-state index contributed by atoms with van der Waals surface area (Å²) in [6.45, 7) is 4.36. The fourth-order valence-corrected chi connectivity index (χ4v) is 11.1. The van der Waals surface area contributed by atoms with Crippen molar-refractivity contribution in [2.75, 3.05) is 46.7 Å². The van der Waals surface area contributed by atoms with Crippen LogP contribution < -0.4 is 21.7 Å². The monoisotopic (exact) mass is 1370 g/mol. The van der Waals surface area contributed by atoms with Crippen LogP contribution >= 0.6 is 15.9 Å². The molecule has 0 unspecified atom stereocenters. The second-order valence-corrected chi connectivity index (χ2v) is 29.3. The molecule has 0 bridgehead atoms. The van der Waals surface area contributed by atoms with Crippen LogP contribution in [0.3, 0.4) is 0 Å². The molecule has 7 aromatic heterocycles. The number of aromatic nitrogens is 4. The van der Waals surface area contributed by atoms with E-state index in [2.05, 4.69) is 51.8 Å². The summed E-state index contributed by atoms with van der Waals surface area (Å²) >= 11 is 3.22. The maximum absolute atomic E-state index is 12.1. The number of nitrogens with one attached hydrogen (secondary N) is 3. The number of halogens is 1. The van der Waals surface area contributed by atoms with Gasteiger partial charge in [0.1, 0.15) is 35.3 Å². The van der Waals surface area contributed by atoms with E-state index in [1.807, 2.05) is 50.2 Å². The van der Waals surface area contributed by atoms with Crippen molar-refractivity contribution in [3.8, 4) is 45.0 Å². The summed E-state index contributed by atoms with van der Waals surface area (Å²) in [5.74, 6) is 2.33. The van der Waals surface area contributed by atoms with Crippen LogP contribution in [0.1, 0.15) is 38.0 Å². The molecule has 2 amide bonds. The van der Waals surface area contributed by atoms with Gasteiger partial charge < -0.3 is 34.9 Å². The Hall–Kier alpha value is -9.86. The van der Waals surface area contributed by atoms with Gasteiger partial charge in [0.15, 0.2) is 50.9 Å². The molecular formula is C65H59BrN8O13S4. The van der Waals surface area contributed by atoms with Gasteiger partial charge in [-0.1, -0.05) is 72.8 Å². The van der Waals surface area contributed by atoms with Crippen molar-refractivity contribution < 1.29 is 56.5 Å². The van der Waals surface area contributed by atoms with E-state index in [0.717, 1.165) is 68.9 Å². The number of rotatable bonds is 15. The topological polar surface area (TPSA) is 324 Å². The molecule has 21 nitrogen and oxygen atoms in total. The molecule has 0 aliphatic carbocycles. The summed E-state index contributed by atoms with van der Waals surface area (Å²) in [6.07, 6.45) is 9.33. The lowest BCUT2D eigenvalue weighted by molar-refractivity contribution is 0.0989. The average molecular weight is 1370 g/mol. The lowest BCUT2D eigenvalue weighted by Gasteiger charge is -2.07. The number of nitrogen functional groups attached to an aromatic ring is 1. The van der Waals surface area contributed by atoms with Gasteiger partial charge in [0.25, 0.3) is 11.8 Å². The largest absolute Gasteiger partial charge is 0.467 e. The van der Waals surface area contributed by atoms with Crippen LogP contribution in [0.4, 0.5) is 23.3 Å². The number of nitrogens with two attached hydrogens (primary N) is 1. The van der Waals surface area contributed by atoms with Crippen LogP contribution in [0.15, 0.2) is 244 Å². The van der Waals surface area contributed by atoms with Crippen LogP contribution in [0, 0.1) is 13.8 Å². The smallest absolute Gasteiger partial charge is 0.292 e. The van der Waals surface area contributed by atoms with Gasteiger partial charge in [0.2, 0.25) is 0 Å². The fourth-order valence-electron chi connectivity index (χ4n) is 8.23. The van der Waals surface area contributed by atoms with Gasteiger partial charge in [-0.3, -0.25) is 9.59 Å². The molecule has 11 aromatic rings. The molecule has 0 saturated carbocycles. The Morgan fingerprint density at radius 2 is 0.747 bits per heavy atom. The summed E-state index contributed by atoms with van der Waals surface area (Å²) in [6, 6.07) is 52.7. The minimum Gasteiger partial charge on any atom is -0.467 e. The first kappa shape index (κ1) is 67.1. The third-order valence-corrected chi connectivity index (χ3v) is 17.7. The zero-order valence-electron chi connectivity index (χ0n) is 49.5. The summed E-state index contributed by atoms with van der Waals surface area (Å²) in [5, 5.41) is 8.55. The lowest BCUT2D eigenvalue weighted by atomic mass is 10.1. The highest BCUT2D eigenvalue weighted by Gasteiger charge is 2.16. The standard InChI is InChI=1S/C18H16N2O4S.C18H18N2O3S.C17H13BrN2O4S.C12H12N2O2S/c1-12-10-16(24-11-12)18(21)20-17-5-3-4-15(19-17)13-6-8-14(9-7-13)25(2,22)23;1-13-10-15(23-12-13)11-19-18-5-3-4-17(20-18)14-6-8-16(9-7-14)24(2,21)22;1-25(22,23)13-7-5-11(6-8-13)14-3-2-4-16(19-14)20-17(21)15-9-12(18)10-24-15;1-17(15,16)10-7-5-9(6-8-10)11-3-2-4-12(13)14-11/h3-11H,1-2H3,(H,19,20,21);3-10,12H,11H2,1-2H3,(H,19,20);2-10H,1H3,(H,19,20,21);2-8H,1H3,(H2,13,14). The zero-order chi connectivity index (χ0) is 65.7. The van der Waals surface area contributed by atoms with Gasteiger partial charge in [0, 0.05) is 53.3 Å². The maximum Gasteiger partial charge on any atom is 0.292 e. The number of hydrogen-bond donors (Lipinski definition) is 4. The molecule has 0 fully saturated rings. The van der Waals surface area contributed by atoms with E-state index in [4.69, 9.17) is 19.0 Å². The number of nitrogens with zero attached hydrogens (tertiary/aromatic N) is 4. The first-order valence-corrected chi connectivity index (χ1v) is 35.5. The average Bonchev–Trinajstić information content (AvgIpc) is 1.95. The van der Waals surface area contributed by atoms with Gasteiger partial charge in [-0.25, -0.2) is 53.6 Å². The molecule has 0 radical (unpaired) electrons. The molecule has 26 heteroatoms. The Morgan fingerprint density at radius 1 is 0.418 bits per heavy atom. The molecule has 0 saturated heterocycles. The number of hydrogen-bond acceptors (Lipinski definition) is 19. The van der Waals surface area contributed by atoms with Gasteiger partial charge in [-0.15, -0.1) is 0 Å². The molecule has 91 heavy (non-hydrogen) atoms. The Morgan fingerprint density at radius 3 is 1.08 bits per heavy atom. The number of carbonyl (C=O) groups is 2. The Balaban J connectivity index is 0.000000158. The second-order valence-electron chi connectivity index (χ2n) is 20.3. The van der Waals surface area contributed by atoms with Crippen molar-refractivity contribution in [2.45, 2.75) is 40.0 Å². The summed E-state index contributed by atoms with van der Waals surface area (Å²) in [5.41, 5.74) is 13.4. The molecule has 468 valence electrons. The summed E-state index contributed by atoms with van der Waals surface area (Å²) in [7, 11) is -12.8. The van der Waals surface area contributed by atoms with Crippen molar-refractivity contribution >= 4 is 90.4 Å². The molecule has 11 rings (SSSR count). The Kier molecular flexibility index (Phi) is 21.5. The van der Waals surface area contributed by atoms with Crippen molar-refractivity contribution in [2.24, 2.45) is 0 Å². The first-order chi connectivity index (χ1) is 43.0. The molecule has 0 spiro atoms. The molecule has 0 aliphatic heterocycles. The molecule has 0 aliphatic rings. The Labute approximate surface area is 534 Å². The van der Waals surface area contributed by atoms with Gasteiger partial charge in [-0.05, 0) is 150 Å². The molecule has 4 aromatic carbocycles. The van der Waals surface area contributed by atoms with Crippen molar-refractivity contribution in [1.29, 1.82) is 0 Å². The number of aryl methyl sites for hydroxylation is 2. The number of sulfone groups is 4. The van der Waals surface area contributed by atoms with E-state index in [0.29, 0.717) is 49.6 Å². The third kappa shape index (κ3) is 19.6. The zero-order valence-corrected chi connectivity index (χ0v) is 54.4. The van der Waals surface area contributed by atoms with Gasteiger partial charge in [0.05, 0.1) is 65.9 Å². The van der Waals surface area contributed by atoms with Crippen LogP contribution in [0.5, 0.6) is 0 Å². The number of amides is 2. The lowest BCUT2D eigenvalue weighted by Crippen LogP contribution is -2.12. The number of anilines is 4. The van der Waals surface area contributed by atoms with Crippen molar-refractivity contribution in [3.05, 3.63) is 240 Å². The van der Waals surface area contributed by atoms with Crippen LogP contribution in [0.2, 0.25) is 0 Å². The van der Waals surface area contributed by atoms with Gasteiger partial charge >= 0.3 is 0 Å². The van der Waals surface area contributed by atoms with E-state index in [1.54, 1.807) is 134 Å². The van der Waals surface area contributed by atoms with Crippen LogP contribution in [0.25, 0.3) is 45.0 Å². The minimum atomic E-state index is -3.25. The normalized spacial score (nSPS) is 11.3. The maximum atomic E-state index is 12.1. The van der Waals surface area contributed by atoms with Crippen molar-refractivity contribution in [1.82, 2.24) is 19.9 Å². The van der Waals surface area contributed by atoms with Crippen LogP contribution in [-0.4, -0.2) is 90.4 Å². The molecular weight excluding hydrogens is 1310 g/mol. The predicted molar refractivity (Wildman–Crippen MR) is 352 cm³/mol. The van der Waals surface area contributed by atoms with E-state index in [1.165, 1.54) is 49.3 Å². The van der Waals surface area contributed by atoms with Crippen molar-refractivity contribution in [3.63, 3.8) is 0 Å². The third-order valence-electron chi connectivity index (χ3n) is 12.8. The van der Waals surface area contributed by atoms with Gasteiger partial charge in [-0.2, -0.15) is 0 Å². The number of benzene rings is 4. The van der Waals surface area contributed by atoms with E-state index in [9.17, 15) is 43.3 Å². The summed E-state index contributed by atoms with van der Waals surface area (Å²) < 4.78 is 108. The van der Waals surface area contributed by atoms with Crippen LogP contribution in [-0.2, 0) is 45.9 Å². The van der Waals surface area contributed by atoms with E-state index < -0.39 is 45.3 Å². The fraction of sp³-hybridized carbons (Fsp3) is 0.108. The summed E-state index contributed by atoms with van der Waals surface area (Å²) in [4.78, 5) is 42.8. The highest BCUT2D eigenvalue weighted by Crippen LogP contribution is 2.26. The SMILES string of the molecule is CS(=O)(=O)c1ccc(-c2cccc(N)n2)cc1.CS(=O)(=O)c1ccc(-c2cccc(NC(=O)c3cc(Br)co3)n2)cc1.Cc1coc(C(=O)Nc2cccc(-c3ccc(S(C)(=O)=O)cc3)n2)c1.Cc1coc(CNc2cccc(-c3ccc(S(C)(=O)=O)cc3)n2)c1. The number of carbonyl (C=O) groups excluding carboxylic acids is 2. The highest BCUT2D eigenvalue weighted by molar-refractivity contribution is 9.10. The van der Waals surface area contributed by atoms with E-state index >= 15 is 0 Å².